The van der Waals surface area contributed by atoms with Gasteiger partial charge in [-0.05, 0) is 62.1 Å². The molecule has 0 spiro atoms. The molecule has 5 rings (SSSR count). The van der Waals surface area contributed by atoms with Crippen LogP contribution in [0.4, 0.5) is 5.82 Å². The molecule has 1 amide bonds. The van der Waals surface area contributed by atoms with E-state index in [9.17, 15) is 4.79 Å². The second kappa shape index (κ2) is 10.0. The lowest BCUT2D eigenvalue weighted by Crippen LogP contribution is -2.39. The van der Waals surface area contributed by atoms with Gasteiger partial charge in [0.2, 0.25) is 5.82 Å². The van der Waals surface area contributed by atoms with E-state index < -0.39 is 0 Å². The first kappa shape index (κ1) is 23.3. The van der Waals surface area contributed by atoms with E-state index in [2.05, 4.69) is 25.8 Å². The van der Waals surface area contributed by atoms with Crippen molar-refractivity contribution in [2.24, 2.45) is 0 Å². The average molecular weight is 492 g/mol. The first-order valence-electron chi connectivity index (χ1n) is 11.6. The summed E-state index contributed by atoms with van der Waals surface area (Å²) in [6, 6.07) is 13.5. The lowest BCUT2D eigenvalue weighted by Gasteiger charge is -2.22. The molecule has 1 saturated heterocycles. The number of fused-ring (bicyclic) bond motifs is 1. The molecule has 35 heavy (non-hydrogen) atoms. The molecule has 0 unspecified atom stereocenters. The van der Waals surface area contributed by atoms with Crippen LogP contribution in [0.5, 0.6) is 0 Å². The Morgan fingerprint density at radius 1 is 1.11 bits per heavy atom. The number of ether oxygens (including phenoxy) is 1. The van der Waals surface area contributed by atoms with Crippen LogP contribution in [0.25, 0.3) is 22.0 Å². The van der Waals surface area contributed by atoms with Gasteiger partial charge in [0.25, 0.3) is 5.91 Å². The summed E-state index contributed by atoms with van der Waals surface area (Å²) in [5, 5.41) is 12.0. The first-order chi connectivity index (χ1) is 17.0. The number of rotatable bonds is 6. The van der Waals surface area contributed by atoms with Crippen molar-refractivity contribution in [2.75, 3.05) is 18.5 Å². The molecular weight excluding hydrogens is 466 g/mol. The molecule has 4 aromatic rings. The Morgan fingerprint density at radius 3 is 2.69 bits per heavy atom. The lowest BCUT2D eigenvalue weighted by atomic mass is 10.0. The maximum atomic E-state index is 13.0. The van der Waals surface area contributed by atoms with Gasteiger partial charge < -0.3 is 19.9 Å². The highest BCUT2D eigenvalue weighted by Gasteiger charge is 2.21. The summed E-state index contributed by atoms with van der Waals surface area (Å²) in [6.07, 6.45) is 1.56. The normalized spacial score (nSPS) is 14.3. The molecule has 0 radical (unpaired) electrons. The van der Waals surface area contributed by atoms with Crippen molar-refractivity contribution in [1.82, 2.24) is 20.4 Å². The number of hydrogen-bond donors (Lipinski definition) is 2. The van der Waals surface area contributed by atoms with Crippen LogP contribution >= 0.6 is 11.6 Å². The zero-order valence-electron chi connectivity index (χ0n) is 19.6. The predicted molar refractivity (Wildman–Crippen MR) is 135 cm³/mol. The number of anilines is 1. The van der Waals surface area contributed by atoms with Gasteiger partial charge in [-0.25, -0.2) is 9.97 Å². The first-order valence-corrected chi connectivity index (χ1v) is 12.0. The van der Waals surface area contributed by atoms with E-state index in [1.54, 1.807) is 0 Å². The van der Waals surface area contributed by atoms with Crippen LogP contribution in [0.15, 0.2) is 47.0 Å². The zero-order valence-corrected chi connectivity index (χ0v) is 20.4. The third-order valence-electron chi connectivity index (χ3n) is 6.13. The van der Waals surface area contributed by atoms with Crippen LogP contribution in [0.2, 0.25) is 5.02 Å². The predicted octanol–water partition coefficient (Wildman–Crippen LogP) is 5.08. The van der Waals surface area contributed by atoms with Crippen LogP contribution in [-0.2, 0) is 11.3 Å². The Hall–Kier alpha value is -3.49. The highest BCUT2D eigenvalue weighted by Crippen LogP contribution is 2.31. The average Bonchev–Trinajstić information content (AvgIpc) is 3.20. The van der Waals surface area contributed by atoms with Gasteiger partial charge in [-0.15, -0.1) is 0 Å². The van der Waals surface area contributed by atoms with Crippen LogP contribution < -0.4 is 10.6 Å². The summed E-state index contributed by atoms with van der Waals surface area (Å²) < 4.78 is 10.8. The Morgan fingerprint density at radius 2 is 1.94 bits per heavy atom. The SMILES string of the molecule is Cc1noc(C)c1-c1ccc2nc(C(=O)NC3CCOCC3)nc(NCc3cccc(Cl)c3)c2c1. The van der Waals surface area contributed by atoms with E-state index in [1.165, 1.54) is 0 Å². The minimum Gasteiger partial charge on any atom is -0.381 e. The minimum atomic E-state index is -0.292. The van der Waals surface area contributed by atoms with Gasteiger partial charge in [0.1, 0.15) is 11.6 Å². The summed E-state index contributed by atoms with van der Waals surface area (Å²) in [4.78, 5) is 22.2. The molecule has 1 aliphatic rings. The Balaban J connectivity index is 1.52. The van der Waals surface area contributed by atoms with Gasteiger partial charge in [0, 0.05) is 41.8 Å². The fourth-order valence-electron chi connectivity index (χ4n) is 4.34. The molecule has 8 nitrogen and oxygen atoms in total. The van der Waals surface area contributed by atoms with E-state index in [1.807, 2.05) is 56.3 Å². The second-order valence-corrected chi connectivity index (χ2v) is 9.11. The van der Waals surface area contributed by atoms with Crippen molar-refractivity contribution in [3.8, 4) is 11.1 Å². The third kappa shape index (κ3) is 5.13. The molecule has 2 aromatic carbocycles. The van der Waals surface area contributed by atoms with E-state index in [4.69, 9.17) is 20.9 Å². The maximum Gasteiger partial charge on any atom is 0.289 e. The molecule has 1 fully saturated rings. The van der Waals surface area contributed by atoms with Crippen molar-refractivity contribution >= 4 is 34.2 Å². The molecule has 9 heteroatoms. The van der Waals surface area contributed by atoms with Crippen LogP contribution in [0.1, 0.15) is 40.5 Å². The Labute approximate surface area is 208 Å². The van der Waals surface area contributed by atoms with Crippen molar-refractivity contribution in [3.05, 3.63) is 70.3 Å². The standard InChI is InChI=1S/C26H26ClN5O3/c1-15-23(16(2)35-32-15)18-6-7-22-21(13-18)24(28-14-17-4-3-5-19(27)12-17)31-25(30-22)26(33)29-20-8-10-34-11-9-20/h3-7,12-13,20H,8-11,14H2,1-2H3,(H,29,33)(H,28,30,31). The minimum absolute atomic E-state index is 0.0559. The van der Waals surface area contributed by atoms with E-state index in [0.29, 0.717) is 36.1 Å². The van der Waals surface area contributed by atoms with Crippen molar-refractivity contribution in [3.63, 3.8) is 0 Å². The number of carbonyl (C=O) groups is 1. The van der Waals surface area contributed by atoms with Gasteiger partial charge in [0.15, 0.2) is 0 Å². The zero-order chi connectivity index (χ0) is 24.4. The topological polar surface area (TPSA) is 102 Å². The van der Waals surface area contributed by atoms with Crippen LogP contribution in [-0.4, -0.2) is 40.3 Å². The number of aryl methyl sites for hydroxylation is 2. The number of halogens is 1. The van der Waals surface area contributed by atoms with Gasteiger partial charge in [-0.1, -0.05) is 35.0 Å². The quantitative estimate of drug-likeness (QED) is 0.388. The number of nitrogens with one attached hydrogen (secondary N) is 2. The van der Waals surface area contributed by atoms with Gasteiger partial charge in [-0.2, -0.15) is 0 Å². The van der Waals surface area contributed by atoms with Gasteiger partial charge in [0.05, 0.1) is 11.2 Å². The monoisotopic (exact) mass is 491 g/mol. The third-order valence-corrected chi connectivity index (χ3v) is 6.36. The summed E-state index contributed by atoms with van der Waals surface area (Å²) in [5.74, 6) is 1.14. The summed E-state index contributed by atoms with van der Waals surface area (Å²) in [6.45, 7) is 5.57. The molecule has 0 atom stereocenters. The number of aromatic nitrogens is 3. The summed E-state index contributed by atoms with van der Waals surface area (Å²) in [7, 11) is 0. The maximum absolute atomic E-state index is 13.0. The van der Waals surface area contributed by atoms with Crippen molar-refractivity contribution in [2.45, 2.75) is 39.3 Å². The number of carbonyl (C=O) groups excluding carboxylic acids is 1. The highest BCUT2D eigenvalue weighted by molar-refractivity contribution is 6.30. The molecule has 0 aliphatic carbocycles. The van der Waals surface area contributed by atoms with E-state index in [-0.39, 0.29) is 17.8 Å². The summed E-state index contributed by atoms with van der Waals surface area (Å²) >= 11 is 6.16. The van der Waals surface area contributed by atoms with Crippen LogP contribution in [0.3, 0.4) is 0 Å². The number of amides is 1. The molecule has 0 saturated carbocycles. The smallest absolute Gasteiger partial charge is 0.289 e. The van der Waals surface area contributed by atoms with Crippen LogP contribution in [0, 0.1) is 13.8 Å². The molecule has 180 valence electrons. The number of hydrogen-bond acceptors (Lipinski definition) is 7. The Bertz CT molecular complexity index is 1360. The van der Waals surface area contributed by atoms with Gasteiger partial charge >= 0.3 is 0 Å². The fourth-order valence-corrected chi connectivity index (χ4v) is 4.55. The summed E-state index contributed by atoms with van der Waals surface area (Å²) in [5.41, 5.74) is 4.36. The Kier molecular flexibility index (Phi) is 6.66. The largest absolute Gasteiger partial charge is 0.381 e. The molecule has 2 N–H and O–H groups in total. The number of benzene rings is 2. The molecule has 3 heterocycles. The second-order valence-electron chi connectivity index (χ2n) is 8.67. The van der Waals surface area contributed by atoms with E-state index >= 15 is 0 Å². The molecule has 0 bridgehead atoms. The number of nitrogens with zero attached hydrogens (tertiary/aromatic N) is 3. The highest BCUT2D eigenvalue weighted by atomic mass is 35.5. The molecular formula is C26H26ClN5O3. The lowest BCUT2D eigenvalue weighted by molar-refractivity contribution is 0.0692. The molecule has 1 aliphatic heterocycles. The fraction of sp³-hybridized carbons (Fsp3) is 0.308. The van der Waals surface area contributed by atoms with Gasteiger partial charge in [-0.3, -0.25) is 4.79 Å². The molecule has 2 aromatic heterocycles. The van der Waals surface area contributed by atoms with E-state index in [0.717, 1.165) is 46.4 Å². The van der Waals surface area contributed by atoms with Crippen molar-refractivity contribution < 1.29 is 14.1 Å². The van der Waals surface area contributed by atoms with Crippen molar-refractivity contribution in [1.29, 1.82) is 0 Å².